The van der Waals surface area contributed by atoms with E-state index in [0.717, 1.165) is 23.3 Å². The van der Waals surface area contributed by atoms with Crippen molar-refractivity contribution in [3.8, 4) is 0 Å². The van der Waals surface area contributed by atoms with Crippen molar-refractivity contribution in [1.82, 2.24) is 5.32 Å². The summed E-state index contributed by atoms with van der Waals surface area (Å²) in [7, 11) is 0. The quantitative estimate of drug-likeness (QED) is 0.869. The maximum absolute atomic E-state index is 11.9. The molecule has 0 saturated heterocycles. The first-order valence-electron chi connectivity index (χ1n) is 6.20. The van der Waals surface area contributed by atoms with Crippen LogP contribution < -0.4 is 5.32 Å². The molecule has 1 aromatic carbocycles. The molecule has 0 aliphatic carbocycles. The Balaban J connectivity index is 0.00000180. The number of hydrogen-bond donors (Lipinski definition) is 1. The Labute approximate surface area is 113 Å². The lowest BCUT2D eigenvalue weighted by Gasteiger charge is -2.03. The normalized spacial score (nSPS) is 10.3. The van der Waals surface area contributed by atoms with Crippen LogP contribution in [0.25, 0.3) is 0 Å². The number of aryl methyl sites for hydroxylation is 1. The van der Waals surface area contributed by atoms with Gasteiger partial charge in [0, 0.05) is 12.8 Å². The fourth-order valence-corrected chi connectivity index (χ4v) is 2.77. The first kappa shape index (κ1) is 12.8. The number of carbonyl (C=O) groups excluding carboxylic acids is 1. The molecule has 3 heteroatoms. The number of hydrogen-bond acceptors (Lipinski definition) is 2. The van der Waals surface area contributed by atoms with Crippen LogP contribution in [0.2, 0.25) is 0 Å². The highest BCUT2D eigenvalue weighted by Gasteiger charge is 2.08. The fourth-order valence-electron chi connectivity index (χ4n) is 1.75. The van der Waals surface area contributed by atoms with Crippen LogP contribution in [0, 0.1) is 0 Å². The van der Waals surface area contributed by atoms with Crippen LogP contribution in [0.15, 0.2) is 42.5 Å². The predicted octanol–water partition coefficient (Wildman–Crippen LogP) is 3.88. The van der Waals surface area contributed by atoms with E-state index in [9.17, 15) is 4.79 Å². The van der Waals surface area contributed by atoms with Crippen LogP contribution in [0.1, 0.15) is 34.9 Å². The SMILES string of the molecule is CCCc1ccc(C(=O)NCc2ccccc2)s1.[HH]. The highest BCUT2D eigenvalue weighted by atomic mass is 32.1. The highest BCUT2D eigenvalue weighted by Crippen LogP contribution is 2.17. The van der Waals surface area contributed by atoms with Crippen molar-refractivity contribution < 1.29 is 6.22 Å². The molecule has 1 N–H and O–H groups in total. The first-order chi connectivity index (χ1) is 8.79. The Bertz CT molecular complexity index is 510. The predicted molar refractivity (Wildman–Crippen MR) is 78.0 cm³/mol. The summed E-state index contributed by atoms with van der Waals surface area (Å²) < 4.78 is 0. The first-order valence-corrected chi connectivity index (χ1v) is 7.02. The molecule has 18 heavy (non-hydrogen) atoms. The number of benzene rings is 1. The van der Waals surface area contributed by atoms with Gasteiger partial charge < -0.3 is 5.32 Å². The number of carbonyl (C=O) groups is 1. The molecule has 0 fully saturated rings. The zero-order chi connectivity index (χ0) is 12.8. The second-order valence-corrected chi connectivity index (χ2v) is 5.35. The largest absolute Gasteiger partial charge is 0.347 e. The third-order valence-corrected chi connectivity index (χ3v) is 3.82. The van der Waals surface area contributed by atoms with E-state index < -0.39 is 0 Å². The Kier molecular flexibility index (Phi) is 4.53. The summed E-state index contributed by atoms with van der Waals surface area (Å²) in [4.78, 5) is 14.0. The molecule has 0 aliphatic heterocycles. The minimum atomic E-state index is 0. The third-order valence-electron chi connectivity index (χ3n) is 2.68. The average molecular weight is 261 g/mol. The van der Waals surface area contributed by atoms with Crippen molar-refractivity contribution in [2.24, 2.45) is 0 Å². The van der Waals surface area contributed by atoms with Gasteiger partial charge in [0.2, 0.25) is 0 Å². The molecule has 0 bridgehead atoms. The van der Waals surface area contributed by atoms with Gasteiger partial charge in [-0.15, -0.1) is 11.3 Å². The highest BCUT2D eigenvalue weighted by molar-refractivity contribution is 7.14. The third kappa shape index (κ3) is 3.44. The lowest BCUT2D eigenvalue weighted by molar-refractivity contribution is 0.0955. The molecule has 2 rings (SSSR count). The summed E-state index contributed by atoms with van der Waals surface area (Å²) in [5, 5.41) is 2.94. The van der Waals surface area contributed by atoms with Crippen LogP contribution in [0.5, 0.6) is 0 Å². The smallest absolute Gasteiger partial charge is 0.261 e. The Hall–Kier alpha value is -1.61. The summed E-state index contributed by atoms with van der Waals surface area (Å²) in [6, 6.07) is 13.9. The van der Waals surface area contributed by atoms with Crippen LogP contribution in [0.4, 0.5) is 0 Å². The van der Waals surface area contributed by atoms with Crippen molar-refractivity contribution in [2.75, 3.05) is 0 Å². The molecule has 1 aromatic heterocycles. The minimum Gasteiger partial charge on any atom is -0.347 e. The van der Waals surface area contributed by atoms with Gasteiger partial charge in [-0.05, 0) is 24.1 Å². The summed E-state index contributed by atoms with van der Waals surface area (Å²) in [6.45, 7) is 2.73. The molecular formula is C15H19NOS. The van der Waals surface area contributed by atoms with Crippen LogP contribution >= 0.6 is 11.3 Å². The Morgan fingerprint density at radius 2 is 2.00 bits per heavy atom. The van der Waals surface area contributed by atoms with E-state index in [4.69, 9.17) is 0 Å². The topological polar surface area (TPSA) is 29.1 Å². The maximum Gasteiger partial charge on any atom is 0.261 e. The summed E-state index contributed by atoms with van der Waals surface area (Å²) in [5.41, 5.74) is 1.12. The Morgan fingerprint density at radius 1 is 1.22 bits per heavy atom. The van der Waals surface area contributed by atoms with E-state index in [2.05, 4.69) is 12.2 Å². The van der Waals surface area contributed by atoms with E-state index >= 15 is 0 Å². The number of nitrogens with one attached hydrogen (secondary N) is 1. The number of rotatable bonds is 5. The van der Waals surface area contributed by atoms with Crippen molar-refractivity contribution in [3.63, 3.8) is 0 Å². The van der Waals surface area contributed by atoms with Gasteiger partial charge in [-0.2, -0.15) is 0 Å². The van der Waals surface area contributed by atoms with Crippen molar-refractivity contribution in [1.29, 1.82) is 0 Å². The molecule has 0 aliphatic rings. The zero-order valence-electron chi connectivity index (χ0n) is 10.5. The van der Waals surface area contributed by atoms with Gasteiger partial charge >= 0.3 is 0 Å². The van der Waals surface area contributed by atoms with Gasteiger partial charge in [0.15, 0.2) is 0 Å². The van der Waals surface area contributed by atoms with Gasteiger partial charge in [-0.1, -0.05) is 43.7 Å². The molecule has 0 unspecified atom stereocenters. The zero-order valence-corrected chi connectivity index (χ0v) is 11.3. The van der Waals surface area contributed by atoms with Crippen LogP contribution in [-0.4, -0.2) is 5.91 Å². The van der Waals surface area contributed by atoms with Gasteiger partial charge in [-0.3, -0.25) is 4.79 Å². The van der Waals surface area contributed by atoms with E-state index in [1.54, 1.807) is 11.3 Å². The van der Waals surface area contributed by atoms with Crippen LogP contribution in [0.3, 0.4) is 0 Å². The van der Waals surface area contributed by atoms with Gasteiger partial charge in [0.05, 0.1) is 4.88 Å². The van der Waals surface area contributed by atoms with Crippen molar-refractivity contribution in [2.45, 2.75) is 26.3 Å². The fraction of sp³-hybridized carbons (Fsp3) is 0.267. The number of amides is 1. The summed E-state index contributed by atoms with van der Waals surface area (Å²) in [5.74, 6) is 0.0196. The molecule has 0 radical (unpaired) electrons. The van der Waals surface area contributed by atoms with E-state index in [0.29, 0.717) is 6.54 Å². The van der Waals surface area contributed by atoms with E-state index in [1.807, 2.05) is 42.5 Å². The van der Waals surface area contributed by atoms with Crippen molar-refractivity contribution >= 4 is 17.2 Å². The lowest BCUT2D eigenvalue weighted by Crippen LogP contribution is -2.21. The van der Waals surface area contributed by atoms with E-state index in [1.165, 1.54) is 4.88 Å². The molecule has 2 nitrogen and oxygen atoms in total. The number of thiophene rings is 1. The monoisotopic (exact) mass is 261 g/mol. The minimum absolute atomic E-state index is 0. The molecule has 1 amide bonds. The second kappa shape index (κ2) is 6.36. The molecule has 2 aromatic rings. The van der Waals surface area contributed by atoms with E-state index in [-0.39, 0.29) is 7.33 Å². The van der Waals surface area contributed by atoms with Crippen molar-refractivity contribution in [3.05, 3.63) is 57.8 Å². The second-order valence-electron chi connectivity index (χ2n) is 4.18. The van der Waals surface area contributed by atoms with Crippen LogP contribution in [-0.2, 0) is 13.0 Å². The standard InChI is InChI=1S/C15H17NOS.H2/c1-2-6-13-9-10-14(18-13)15(17)16-11-12-7-4-3-5-8-12;/h3-5,7-10H,2,6,11H2,1H3,(H,16,17);1H. The summed E-state index contributed by atoms with van der Waals surface area (Å²) in [6.07, 6.45) is 2.17. The van der Waals surface area contributed by atoms with Gasteiger partial charge in [0.25, 0.3) is 5.91 Å². The molecule has 1 heterocycles. The lowest BCUT2D eigenvalue weighted by atomic mass is 10.2. The summed E-state index contributed by atoms with van der Waals surface area (Å²) >= 11 is 1.59. The molecule has 0 spiro atoms. The van der Waals surface area contributed by atoms with Gasteiger partial charge in [0.1, 0.15) is 0 Å². The van der Waals surface area contributed by atoms with Gasteiger partial charge in [-0.25, -0.2) is 0 Å². The molecule has 0 atom stereocenters. The molecular weight excluding hydrogens is 242 g/mol. The maximum atomic E-state index is 11.9. The Morgan fingerprint density at radius 3 is 2.72 bits per heavy atom. The molecule has 96 valence electrons. The molecule has 0 saturated carbocycles. The average Bonchev–Trinajstić information content (AvgIpc) is 2.86.